The number of para-hydroxylation sites is 1. The van der Waals surface area contributed by atoms with Gasteiger partial charge in [0.2, 0.25) is 5.91 Å². The van der Waals surface area contributed by atoms with E-state index in [-0.39, 0.29) is 34.6 Å². The first-order chi connectivity index (χ1) is 13.9. The lowest BCUT2D eigenvalue weighted by atomic mass is 10.1. The fraction of sp³-hybridized carbons (Fsp3) is 0.250. The van der Waals surface area contributed by atoms with Gasteiger partial charge in [-0.25, -0.2) is 4.90 Å². The zero-order chi connectivity index (χ0) is 20.7. The lowest BCUT2D eigenvalue weighted by molar-refractivity contribution is -0.384. The number of amides is 3. The molecule has 2 aliphatic rings. The predicted octanol–water partition coefficient (Wildman–Crippen LogP) is 3.18. The smallest absolute Gasteiger partial charge is 0.288 e. The Morgan fingerprint density at radius 3 is 2.45 bits per heavy atom. The van der Waals surface area contributed by atoms with Crippen LogP contribution in [0.4, 0.5) is 11.4 Å². The van der Waals surface area contributed by atoms with Crippen molar-refractivity contribution in [3.05, 3.63) is 69.2 Å². The van der Waals surface area contributed by atoms with Crippen molar-refractivity contribution in [3.63, 3.8) is 0 Å². The molecule has 1 saturated heterocycles. The van der Waals surface area contributed by atoms with Gasteiger partial charge in [0.25, 0.3) is 17.5 Å². The first kappa shape index (κ1) is 19.1. The van der Waals surface area contributed by atoms with E-state index in [4.69, 9.17) is 11.6 Å². The molecule has 4 rings (SSSR count). The first-order valence-corrected chi connectivity index (χ1v) is 9.44. The minimum Gasteiger partial charge on any atom is -0.323 e. The number of carbonyl (C=O) groups excluding carboxylic acids is 3. The van der Waals surface area contributed by atoms with Gasteiger partial charge in [-0.15, -0.1) is 0 Å². The molecule has 3 amide bonds. The number of carbonyl (C=O) groups is 3. The van der Waals surface area contributed by atoms with Gasteiger partial charge in [-0.1, -0.05) is 29.8 Å². The highest BCUT2D eigenvalue weighted by Crippen LogP contribution is 2.36. The maximum atomic E-state index is 13.2. The third kappa shape index (κ3) is 3.47. The molecule has 1 saturated carbocycles. The second-order valence-electron chi connectivity index (χ2n) is 6.99. The largest absolute Gasteiger partial charge is 0.323 e. The average molecular weight is 414 g/mol. The maximum absolute atomic E-state index is 13.2. The summed E-state index contributed by atoms with van der Waals surface area (Å²) in [4.78, 5) is 51.7. The van der Waals surface area contributed by atoms with E-state index in [2.05, 4.69) is 0 Å². The van der Waals surface area contributed by atoms with Crippen LogP contribution < -0.4 is 4.90 Å². The van der Waals surface area contributed by atoms with Crippen LogP contribution in [0.2, 0.25) is 5.02 Å². The van der Waals surface area contributed by atoms with Gasteiger partial charge >= 0.3 is 0 Å². The van der Waals surface area contributed by atoms with Crippen LogP contribution in [0.1, 0.15) is 29.6 Å². The van der Waals surface area contributed by atoms with Gasteiger partial charge in [0.15, 0.2) is 0 Å². The highest BCUT2D eigenvalue weighted by molar-refractivity contribution is 6.32. The average Bonchev–Trinajstić information content (AvgIpc) is 3.48. The Balaban J connectivity index is 1.66. The first-order valence-electron chi connectivity index (χ1n) is 9.07. The molecular formula is C20H16ClN3O5. The lowest BCUT2D eigenvalue weighted by Gasteiger charge is -2.27. The molecule has 29 heavy (non-hydrogen) atoms. The molecule has 2 fully saturated rings. The van der Waals surface area contributed by atoms with Crippen LogP contribution in [-0.4, -0.2) is 39.6 Å². The quantitative estimate of drug-likeness (QED) is 0.425. The van der Waals surface area contributed by atoms with Crippen LogP contribution >= 0.6 is 11.6 Å². The van der Waals surface area contributed by atoms with Crippen molar-refractivity contribution >= 4 is 40.7 Å². The van der Waals surface area contributed by atoms with E-state index < -0.39 is 22.8 Å². The summed E-state index contributed by atoms with van der Waals surface area (Å²) in [5.74, 6) is -1.37. The molecule has 0 N–H and O–H groups in total. The topological polar surface area (TPSA) is 101 Å². The van der Waals surface area contributed by atoms with E-state index in [1.807, 2.05) is 0 Å². The SMILES string of the molecule is O=C1CC(N(C(=O)c2ccc(Cl)c([N+](=O)[O-])c2)C2CC2)C(=O)N1c1ccccc1. The monoisotopic (exact) mass is 413 g/mol. The van der Waals surface area contributed by atoms with Crippen LogP contribution in [0.3, 0.4) is 0 Å². The van der Waals surface area contributed by atoms with Gasteiger partial charge in [0, 0.05) is 17.7 Å². The van der Waals surface area contributed by atoms with Crippen LogP contribution in [0, 0.1) is 10.1 Å². The fourth-order valence-electron chi connectivity index (χ4n) is 3.53. The third-order valence-electron chi connectivity index (χ3n) is 5.04. The van der Waals surface area contributed by atoms with Gasteiger partial charge in [0.05, 0.1) is 17.0 Å². The maximum Gasteiger partial charge on any atom is 0.288 e. The Bertz CT molecular complexity index is 1020. The highest BCUT2D eigenvalue weighted by Gasteiger charge is 2.49. The van der Waals surface area contributed by atoms with Gasteiger partial charge < -0.3 is 4.90 Å². The molecule has 1 unspecified atom stereocenters. The number of imide groups is 1. The van der Waals surface area contributed by atoms with Crippen LogP contribution in [0.25, 0.3) is 0 Å². The molecule has 8 nitrogen and oxygen atoms in total. The summed E-state index contributed by atoms with van der Waals surface area (Å²) in [6, 6.07) is 11.2. The Kier molecular flexibility index (Phi) is 4.79. The molecular weight excluding hydrogens is 398 g/mol. The summed E-state index contributed by atoms with van der Waals surface area (Å²) in [6.07, 6.45) is 1.31. The second kappa shape index (κ2) is 7.29. The molecule has 0 radical (unpaired) electrons. The van der Waals surface area contributed by atoms with Crippen molar-refractivity contribution < 1.29 is 19.3 Å². The van der Waals surface area contributed by atoms with Gasteiger partial charge in [-0.05, 0) is 37.1 Å². The lowest BCUT2D eigenvalue weighted by Crippen LogP contribution is -2.46. The third-order valence-corrected chi connectivity index (χ3v) is 5.36. The molecule has 1 aliphatic heterocycles. The van der Waals surface area contributed by atoms with Crippen molar-refractivity contribution in [2.45, 2.75) is 31.3 Å². The summed E-state index contributed by atoms with van der Waals surface area (Å²) in [6.45, 7) is 0. The predicted molar refractivity (Wildman–Crippen MR) is 105 cm³/mol. The van der Waals surface area contributed by atoms with E-state index in [9.17, 15) is 24.5 Å². The Morgan fingerprint density at radius 1 is 1.14 bits per heavy atom. The van der Waals surface area contributed by atoms with E-state index in [1.165, 1.54) is 17.0 Å². The summed E-state index contributed by atoms with van der Waals surface area (Å²) in [7, 11) is 0. The van der Waals surface area contributed by atoms with Crippen molar-refractivity contribution in [1.82, 2.24) is 4.90 Å². The highest BCUT2D eigenvalue weighted by atomic mass is 35.5. The number of nitro benzene ring substituents is 1. The van der Waals surface area contributed by atoms with Crippen molar-refractivity contribution in [2.75, 3.05) is 4.90 Å². The number of anilines is 1. The Hall–Kier alpha value is -3.26. The standard InChI is InChI=1S/C20H16ClN3O5/c21-15-9-6-12(10-16(15)24(28)29)19(26)22(14-7-8-14)17-11-18(25)23(20(17)27)13-4-2-1-3-5-13/h1-6,9-10,14,17H,7-8,11H2. The molecule has 0 aromatic heterocycles. The zero-order valence-corrected chi connectivity index (χ0v) is 15.9. The van der Waals surface area contributed by atoms with Gasteiger partial charge in [-0.3, -0.25) is 24.5 Å². The molecule has 148 valence electrons. The number of hydrogen-bond acceptors (Lipinski definition) is 5. The molecule has 0 bridgehead atoms. The summed E-state index contributed by atoms with van der Waals surface area (Å²) >= 11 is 5.83. The van der Waals surface area contributed by atoms with Crippen LogP contribution in [0.15, 0.2) is 48.5 Å². The second-order valence-corrected chi connectivity index (χ2v) is 7.40. The van der Waals surface area contributed by atoms with E-state index in [1.54, 1.807) is 30.3 Å². The van der Waals surface area contributed by atoms with Crippen LogP contribution in [0.5, 0.6) is 0 Å². The number of halogens is 1. The summed E-state index contributed by atoms with van der Waals surface area (Å²) < 4.78 is 0. The van der Waals surface area contributed by atoms with Gasteiger partial charge in [0.1, 0.15) is 11.1 Å². The van der Waals surface area contributed by atoms with Crippen molar-refractivity contribution in [3.8, 4) is 0 Å². The van der Waals surface area contributed by atoms with Crippen molar-refractivity contribution in [2.24, 2.45) is 0 Å². The van der Waals surface area contributed by atoms with E-state index in [0.717, 1.165) is 11.0 Å². The minimum atomic E-state index is -0.933. The molecule has 1 heterocycles. The summed E-state index contributed by atoms with van der Waals surface area (Å²) in [5.41, 5.74) is 0.134. The van der Waals surface area contributed by atoms with E-state index in [0.29, 0.717) is 18.5 Å². The summed E-state index contributed by atoms with van der Waals surface area (Å²) in [5, 5.41) is 11.1. The zero-order valence-electron chi connectivity index (χ0n) is 15.2. The number of rotatable bonds is 5. The molecule has 0 spiro atoms. The van der Waals surface area contributed by atoms with Gasteiger partial charge in [-0.2, -0.15) is 0 Å². The Labute approximate surface area is 170 Å². The molecule has 2 aromatic rings. The number of nitrogens with zero attached hydrogens (tertiary/aromatic N) is 3. The number of hydrogen-bond donors (Lipinski definition) is 0. The number of benzene rings is 2. The number of nitro groups is 1. The molecule has 1 atom stereocenters. The van der Waals surface area contributed by atoms with Crippen LogP contribution in [-0.2, 0) is 9.59 Å². The normalized spacial score (nSPS) is 18.8. The molecule has 9 heteroatoms. The Morgan fingerprint density at radius 2 is 1.83 bits per heavy atom. The minimum absolute atomic E-state index is 0.0615. The fourth-order valence-corrected chi connectivity index (χ4v) is 3.72. The molecule has 1 aliphatic carbocycles. The molecule has 2 aromatic carbocycles. The van der Waals surface area contributed by atoms with E-state index >= 15 is 0 Å². The van der Waals surface area contributed by atoms with Crippen molar-refractivity contribution in [1.29, 1.82) is 0 Å².